The van der Waals surface area contributed by atoms with E-state index in [0.717, 1.165) is 24.2 Å². The van der Waals surface area contributed by atoms with Crippen molar-refractivity contribution in [2.24, 2.45) is 0 Å². The van der Waals surface area contributed by atoms with E-state index >= 15 is 0 Å². The van der Waals surface area contributed by atoms with Gasteiger partial charge in [-0.1, -0.05) is 36.9 Å². The standard InChI is InChI=1S/C16H23NO2/c1-12(16(18)15-7-5-4-6-8-15)9-17-10-13(2)19-14(3)11-17/h4-8,13-14,16,18H,1,9-11H2,2-3H3. The Hall–Kier alpha value is -1.16. The lowest BCUT2D eigenvalue weighted by Gasteiger charge is -2.36. The average molecular weight is 261 g/mol. The fraction of sp³-hybridized carbons (Fsp3) is 0.500. The minimum Gasteiger partial charge on any atom is -0.384 e. The quantitative estimate of drug-likeness (QED) is 0.845. The molecule has 1 fully saturated rings. The number of aliphatic hydroxyl groups is 1. The first-order valence-electron chi connectivity index (χ1n) is 6.84. The smallest absolute Gasteiger partial charge is 0.101 e. The molecule has 0 saturated carbocycles. The van der Waals surface area contributed by atoms with E-state index in [0.29, 0.717) is 6.54 Å². The zero-order chi connectivity index (χ0) is 13.8. The molecule has 0 amide bonds. The summed E-state index contributed by atoms with van der Waals surface area (Å²) in [7, 11) is 0. The molecule has 0 spiro atoms. The third-order valence-electron chi connectivity index (χ3n) is 3.42. The molecule has 0 aliphatic carbocycles. The van der Waals surface area contributed by atoms with Crippen molar-refractivity contribution in [1.29, 1.82) is 0 Å². The Labute approximate surface area is 115 Å². The van der Waals surface area contributed by atoms with Crippen molar-refractivity contribution in [2.75, 3.05) is 19.6 Å². The summed E-state index contributed by atoms with van der Waals surface area (Å²) in [6.45, 7) is 10.7. The zero-order valence-corrected chi connectivity index (χ0v) is 11.7. The first kappa shape index (κ1) is 14.3. The van der Waals surface area contributed by atoms with Gasteiger partial charge in [-0.05, 0) is 25.0 Å². The van der Waals surface area contributed by atoms with Crippen LogP contribution in [0.5, 0.6) is 0 Å². The highest BCUT2D eigenvalue weighted by Gasteiger charge is 2.23. The van der Waals surface area contributed by atoms with Crippen LogP contribution in [0.4, 0.5) is 0 Å². The first-order chi connectivity index (χ1) is 9.06. The van der Waals surface area contributed by atoms with Crippen molar-refractivity contribution >= 4 is 0 Å². The Morgan fingerprint density at radius 3 is 2.47 bits per heavy atom. The van der Waals surface area contributed by atoms with Gasteiger partial charge in [0, 0.05) is 19.6 Å². The van der Waals surface area contributed by atoms with Crippen molar-refractivity contribution < 1.29 is 9.84 Å². The molecular formula is C16H23NO2. The Morgan fingerprint density at radius 2 is 1.89 bits per heavy atom. The Morgan fingerprint density at radius 1 is 1.32 bits per heavy atom. The molecule has 1 saturated heterocycles. The summed E-state index contributed by atoms with van der Waals surface area (Å²) in [5.74, 6) is 0. The van der Waals surface area contributed by atoms with Crippen LogP contribution < -0.4 is 0 Å². The normalized spacial score (nSPS) is 26.1. The lowest BCUT2D eigenvalue weighted by atomic mass is 10.0. The molecule has 1 aliphatic heterocycles. The van der Waals surface area contributed by atoms with Crippen LogP contribution in [0.3, 0.4) is 0 Å². The van der Waals surface area contributed by atoms with E-state index in [1.54, 1.807) is 0 Å². The maximum atomic E-state index is 10.3. The van der Waals surface area contributed by atoms with Crippen LogP contribution in [0.2, 0.25) is 0 Å². The third-order valence-corrected chi connectivity index (χ3v) is 3.42. The molecule has 0 bridgehead atoms. The van der Waals surface area contributed by atoms with Crippen molar-refractivity contribution in [3.63, 3.8) is 0 Å². The number of rotatable bonds is 4. The predicted molar refractivity (Wildman–Crippen MR) is 77.0 cm³/mol. The molecule has 3 atom stereocenters. The number of ether oxygens (including phenoxy) is 1. The van der Waals surface area contributed by atoms with Gasteiger partial charge in [-0.2, -0.15) is 0 Å². The molecule has 0 aromatic heterocycles. The van der Waals surface area contributed by atoms with E-state index in [-0.39, 0.29) is 12.2 Å². The molecule has 3 unspecified atom stereocenters. The maximum Gasteiger partial charge on any atom is 0.101 e. The van der Waals surface area contributed by atoms with Crippen LogP contribution >= 0.6 is 0 Å². The van der Waals surface area contributed by atoms with Gasteiger partial charge in [-0.3, -0.25) is 4.90 Å². The second kappa shape index (κ2) is 6.33. The Balaban J connectivity index is 1.93. The van der Waals surface area contributed by atoms with Crippen molar-refractivity contribution in [3.8, 4) is 0 Å². The lowest BCUT2D eigenvalue weighted by molar-refractivity contribution is -0.0662. The molecule has 104 valence electrons. The first-order valence-corrected chi connectivity index (χ1v) is 6.84. The molecule has 19 heavy (non-hydrogen) atoms. The summed E-state index contributed by atoms with van der Waals surface area (Å²) in [5.41, 5.74) is 1.74. The summed E-state index contributed by atoms with van der Waals surface area (Å²) in [6.07, 6.45) is -0.106. The molecule has 1 aliphatic rings. The third kappa shape index (κ3) is 3.90. The fourth-order valence-corrected chi connectivity index (χ4v) is 2.66. The Bertz CT molecular complexity index is 408. The van der Waals surface area contributed by atoms with Gasteiger partial charge in [0.15, 0.2) is 0 Å². The summed E-state index contributed by atoms with van der Waals surface area (Å²) in [6, 6.07) is 9.68. The predicted octanol–water partition coefficient (Wildman–Crippen LogP) is 2.39. The van der Waals surface area contributed by atoms with E-state index in [1.165, 1.54) is 0 Å². The molecule has 3 heteroatoms. The van der Waals surface area contributed by atoms with Gasteiger partial charge in [-0.25, -0.2) is 0 Å². The number of aliphatic hydroxyl groups excluding tert-OH is 1. The van der Waals surface area contributed by atoms with Crippen LogP contribution in [0, 0.1) is 0 Å². The summed E-state index contributed by atoms with van der Waals surface area (Å²) < 4.78 is 5.71. The largest absolute Gasteiger partial charge is 0.384 e. The van der Waals surface area contributed by atoms with Crippen LogP contribution in [-0.4, -0.2) is 41.8 Å². The van der Waals surface area contributed by atoms with Crippen LogP contribution in [-0.2, 0) is 4.74 Å². The number of hydrogen-bond donors (Lipinski definition) is 1. The topological polar surface area (TPSA) is 32.7 Å². The summed E-state index contributed by atoms with van der Waals surface area (Å²) >= 11 is 0. The van der Waals surface area contributed by atoms with Crippen molar-refractivity contribution in [1.82, 2.24) is 4.90 Å². The van der Waals surface area contributed by atoms with Gasteiger partial charge in [0.2, 0.25) is 0 Å². The lowest BCUT2D eigenvalue weighted by Crippen LogP contribution is -2.46. The number of benzene rings is 1. The molecule has 1 heterocycles. The monoisotopic (exact) mass is 261 g/mol. The average Bonchev–Trinajstić information content (AvgIpc) is 2.37. The van der Waals surface area contributed by atoms with Crippen molar-refractivity contribution in [2.45, 2.75) is 32.2 Å². The highest BCUT2D eigenvalue weighted by Crippen LogP contribution is 2.22. The molecule has 1 aromatic carbocycles. The molecule has 3 nitrogen and oxygen atoms in total. The van der Waals surface area contributed by atoms with E-state index in [9.17, 15) is 5.11 Å². The van der Waals surface area contributed by atoms with Crippen LogP contribution in [0.1, 0.15) is 25.5 Å². The molecule has 1 N–H and O–H groups in total. The summed E-state index contributed by atoms with van der Waals surface area (Å²) in [4.78, 5) is 2.30. The molecular weight excluding hydrogens is 238 g/mol. The number of morpholine rings is 1. The Kier molecular flexibility index (Phi) is 4.75. The maximum absolute atomic E-state index is 10.3. The number of nitrogens with zero attached hydrogens (tertiary/aromatic N) is 1. The van der Waals surface area contributed by atoms with Gasteiger partial charge in [0.1, 0.15) is 6.10 Å². The second-order valence-electron chi connectivity index (χ2n) is 5.42. The van der Waals surface area contributed by atoms with Crippen LogP contribution in [0.15, 0.2) is 42.5 Å². The van der Waals surface area contributed by atoms with Gasteiger partial charge in [-0.15, -0.1) is 0 Å². The highest BCUT2D eigenvalue weighted by atomic mass is 16.5. The van der Waals surface area contributed by atoms with Gasteiger partial charge >= 0.3 is 0 Å². The van der Waals surface area contributed by atoms with E-state index < -0.39 is 6.10 Å². The second-order valence-corrected chi connectivity index (χ2v) is 5.42. The van der Waals surface area contributed by atoms with E-state index in [2.05, 4.69) is 25.3 Å². The summed E-state index contributed by atoms with van der Waals surface area (Å²) in [5, 5.41) is 10.3. The fourth-order valence-electron chi connectivity index (χ4n) is 2.66. The molecule has 1 aromatic rings. The van der Waals surface area contributed by atoms with Crippen LogP contribution in [0.25, 0.3) is 0 Å². The zero-order valence-electron chi connectivity index (χ0n) is 11.7. The van der Waals surface area contributed by atoms with Gasteiger partial charge in [0.05, 0.1) is 12.2 Å². The van der Waals surface area contributed by atoms with E-state index in [4.69, 9.17) is 4.74 Å². The van der Waals surface area contributed by atoms with Gasteiger partial charge < -0.3 is 9.84 Å². The van der Waals surface area contributed by atoms with E-state index in [1.807, 2.05) is 30.3 Å². The van der Waals surface area contributed by atoms with Gasteiger partial charge in [0.25, 0.3) is 0 Å². The number of hydrogen-bond acceptors (Lipinski definition) is 3. The highest BCUT2D eigenvalue weighted by molar-refractivity contribution is 5.25. The minimum absolute atomic E-state index is 0.241. The SMILES string of the molecule is C=C(CN1CC(C)OC(C)C1)C(O)c1ccccc1. The molecule has 0 radical (unpaired) electrons. The minimum atomic E-state index is -0.588. The van der Waals surface area contributed by atoms with Crippen molar-refractivity contribution in [3.05, 3.63) is 48.0 Å². The molecule has 2 rings (SSSR count).